The molecule has 0 aliphatic rings. The second kappa shape index (κ2) is 7.24. The average Bonchev–Trinajstić information content (AvgIpc) is 2.31. The lowest BCUT2D eigenvalue weighted by Crippen LogP contribution is -2.08. The minimum atomic E-state index is -0.282. The van der Waals surface area contributed by atoms with Crippen LogP contribution in [0, 0.1) is 16.7 Å². The second-order valence-electron chi connectivity index (χ2n) is 5.00. The zero-order valence-corrected chi connectivity index (χ0v) is 13.2. The molecule has 0 saturated heterocycles. The summed E-state index contributed by atoms with van der Waals surface area (Å²) in [5, 5.41) is 10.2. The van der Waals surface area contributed by atoms with Gasteiger partial charge in [0.1, 0.15) is 0 Å². The smallest absolute Gasteiger partial charge is 0.156 e. The summed E-state index contributed by atoms with van der Waals surface area (Å²) in [6.45, 7) is 4.38. The molecule has 1 aromatic rings. The summed E-state index contributed by atoms with van der Waals surface area (Å²) in [6.07, 6.45) is 2.61. The van der Waals surface area contributed by atoms with E-state index in [9.17, 15) is 0 Å². The van der Waals surface area contributed by atoms with Gasteiger partial charge in [0.15, 0.2) is 5.75 Å². The van der Waals surface area contributed by atoms with Crippen molar-refractivity contribution in [1.82, 2.24) is 0 Å². The molecule has 5 heteroatoms. The molecule has 1 rings (SSSR count). The van der Waals surface area contributed by atoms with Gasteiger partial charge in [-0.1, -0.05) is 34.8 Å². The van der Waals surface area contributed by atoms with Crippen molar-refractivity contribution in [3.8, 4) is 11.8 Å². The van der Waals surface area contributed by atoms with Gasteiger partial charge in [0.2, 0.25) is 0 Å². The van der Waals surface area contributed by atoms with Crippen molar-refractivity contribution in [2.75, 3.05) is 6.61 Å². The first-order valence-corrected chi connectivity index (χ1v) is 7.18. The normalized spacial score (nSPS) is 11.2. The Morgan fingerprint density at radius 1 is 1.16 bits per heavy atom. The average molecular weight is 321 g/mol. The number of hydrogen-bond donors (Lipinski definition) is 0. The molecule has 0 heterocycles. The van der Waals surface area contributed by atoms with E-state index in [-0.39, 0.29) is 5.41 Å². The fourth-order valence-electron chi connectivity index (χ4n) is 1.57. The van der Waals surface area contributed by atoms with E-state index >= 15 is 0 Å². The molecule has 0 aliphatic heterocycles. The summed E-state index contributed by atoms with van der Waals surface area (Å²) >= 11 is 17.8. The highest BCUT2D eigenvalue weighted by Gasteiger charge is 2.15. The number of benzene rings is 1. The summed E-state index contributed by atoms with van der Waals surface area (Å²) < 4.78 is 5.57. The minimum absolute atomic E-state index is 0.282. The molecule has 0 aromatic heterocycles. The fraction of sp³-hybridized carbons (Fsp3) is 0.500. The molecule has 0 fully saturated rings. The van der Waals surface area contributed by atoms with Crippen LogP contribution in [0.4, 0.5) is 0 Å². The number of hydrogen-bond acceptors (Lipinski definition) is 2. The van der Waals surface area contributed by atoms with Gasteiger partial charge in [-0.2, -0.15) is 5.26 Å². The van der Waals surface area contributed by atoms with Crippen molar-refractivity contribution in [3.05, 3.63) is 27.2 Å². The highest BCUT2D eigenvalue weighted by atomic mass is 35.5. The number of nitriles is 1. The van der Waals surface area contributed by atoms with Gasteiger partial charge in [-0.3, -0.25) is 0 Å². The summed E-state index contributed by atoms with van der Waals surface area (Å²) in [7, 11) is 0. The number of halogens is 3. The first-order chi connectivity index (χ1) is 8.85. The van der Waals surface area contributed by atoms with Crippen molar-refractivity contribution >= 4 is 34.8 Å². The predicted molar refractivity (Wildman–Crippen MR) is 80.2 cm³/mol. The van der Waals surface area contributed by atoms with E-state index in [0.29, 0.717) is 27.4 Å². The molecule has 0 spiro atoms. The van der Waals surface area contributed by atoms with E-state index in [1.54, 1.807) is 12.1 Å². The van der Waals surface area contributed by atoms with E-state index in [4.69, 9.17) is 44.8 Å². The molecular formula is C14H16Cl3NO. The van der Waals surface area contributed by atoms with Crippen LogP contribution >= 0.6 is 34.8 Å². The Morgan fingerprint density at radius 2 is 1.74 bits per heavy atom. The van der Waals surface area contributed by atoms with E-state index in [2.05, 4.69) is 6.07 Å². The molecule has 104 valence electrons. The Labute approximate surface area is 129 Å². The number of unbranched alkanes of at least 4 members (excludes halogenated alkanes) is 1. The molecule has 0 aliphatic carbocycles. The SMILES string of the molecule is CC(C)(C#N)CCCCOc1c(Cl)cc(Cl)cc1Cl. The Balaban J connectivity index is 2.41. The van der Waals surface area contributed by atoms with Gasteiger partial charge >= 0.3 is 0 Å². The summed E-state index contributed by atoms with van der Waals surface area (Å²) in [6, 6.07) is 5.48. The number of ether oxygens (including phenoxy) is 1. The van der Waals surface area contributed by atoms with E-state index in [1.807, 2.05) is 13.8 Å². The molecule has 0 unspecified atom stereocenters. The molecule has 19 heavy (non-hydrogen) atoms. The van der Waals surface area contributed by atoms with Crippen LogP contribution in [0.5, 0.6) is 5.75 Å². The third-order valence-corrected chi connectivity index (χ3v) is 3.49. The van der Waals surface area contributed by atoms with Gasteiger partial charge in [0, 0.05) is 5.02 Å². The minimum Gasteiger partial charge on any atom is -0.490 e. The maximum Gasteiger partial charge on any atom is 0.156 e. The van der Waals surface area contributed by atoms with Crippen LogP contribution in [-0.2, 0) is 0 Å². The van der Waals surface area contributed by atoms with Gasteiger partial charge in [0.05, 0.1) is 28.1 Å². The van der Waals surface area contributed by atoms with Crippen LogP contribution in [-0.4, -0.2) is 6.61 Å². The van der Waals surface area contributed by atoms with Crippen LogP contribution < -0.4 is 4.74 Å². The third kappa shape index (κ3) is 5.48. The Morgan fingerprint density at radius 3 is 2.26 bits per heavy atom. The lowest BCUT2D eigenvalue weighted by Gasteiger charge is -2.15. The van der Waals surface area contributed by atoms with Crippen molar-refractivity contribution in [2.24, 2.45) is 5.41 Å². The molecule has 0 amide bonds. The van der Waals surface area contributed by atoms with E-state index in [0.717, 1.165) is 19.3 Å². The van der Waals surface area contributed by atoms with Crippen molar-refractivity contribution in [2.45, 2.75) is 33.1 Å². The fourth-order valence-corrected chi connectivity index (χ4v) is 2.49. The summed E-state index contributed by atoms with van der Waals surface area (Å²) in [4.78, 5) is 0. The predicted octanol–water partition coefficient (Wildman–Crippen LogP) is 5.75. The Hall–Kier alpha value is -0.620. The van der Waals surface area contributed by atoms with E-state index < -0.39 is 0 Å². The van der Waals surface area contributed by atoms with Crippen LogP contribution in [0.25, 0.3) is 0 Å². The zero-order valence-electron chi connectivity index (χ0n) is 11.0. The number of rotatable bonds is 6. The number of nitrogens with zero attached hydrogens (tertiary/aromatic N) is 1. The van der Waals surface area contributed by atoms with Crippen LogP contribution in [0.15, 0.2) is 12.1 Å². The third-order valence-electron chi connectivity index (χ3n) is 2.71. The quantitative estimate of drug-likeness (QED) is 0.626. The maximum atomic E-state index is 8.90. The second-order valence-corrected chi connectivity index (χ2v) is 6.25. The van der Waals surface area contributed by atoms with Gasteiger partial charge in [-0.05, 0) is 45.2 Å². The lowest BCUT2D eigenvalue weighted by molar-refractivity contribution is 0.295. The Kier molecular flexibility index (Phi) is 6.26. The van der Waals surface area contributed by atoms with Gasteiger partial charge in [-0.25, -0.2) is 0 Å². The van der Waals surface area contributed by atoms with Gasteiger partial charge in [-0.15, -0.1) is 0 Å². The van der Waals surface area contributed by atoms with Crippen LogP contribution in [0.1, 0.15) is 33.1 Å². The first-order valence-electron chi connectivity index (χ1n) is 6.04. The monoisotopic (exact) mass is 319 g/mol. The van der Waals surface area contributed by atoms with Gasteiger partial charge < -0.3 is 4.74 Å². The standard InChI is InChI=1S/C14H16Cl3NO/c1-14(2,9-18)5-3-4-6-19-13-11(16)7-10(15)8-12(13)17/h7-8H,3-6H2,1-2H3. The summed E-state index contributed by atoms with van der Waals surface area (Å²) in [5.74, 6) is 0.465. The van der Waals surface area contributed by atoms with Gasteiger partial charge in [0.25, 0.3) is 0 Å². The molecule has 2 nitrogen and oxygen atoms in total. The highest BCUT2D eigenvalue weighted by Crippen LogP contribution is 2.36. The lowest BCUT2D eigenvalue weighted by atomic mass is 9.89. The first kappa shape index (κ1) is 16.4. The molecule has 0 radical (unpaired) electrons. The van der Waals surface area contributed by atoms with Crippen LogP contribution in [0.2, 0.25) is 15.1 Å². The molecule has 0 bridgehead atoms. The molecule has 0 saturated carbocycles. The molecule has 0 N–H and O–H groups in total. The van der Waals surface area contributed by atoms with E-state index in [1.165, 1.54) is 0 Å². The highest BCUT2D eigenvalue weighted by molar-refractivity contribution is 6.40. The largest absolute Gasteiger partial charge is 0.490 e. The molecule has 1 aromatic carbocycles. The van der Waals surface area contributed by atoms with Crippen molar-refractivity contribution < 1.29 is 4.74 Å². The zero-order chi connectivity index (χ0) is 14.5. The van der Waals surface area contributed by atoms with Crippen LogP contribution in [0.3, 0.4) is 0 Å². The summed E-state index contributed by atoms with van der Waals surface area (Å²) in [5.41, 5.74) is -0.282. The molecular weight excluding hydrogens is 305 g/mol. The maximum absolute atomic E-state index is 8.90. The molecule has 0 atom stereocenters. The Bertz CT molecular complexity index is 457. The topological polar surface area (TPSA) is 33.0 Å². The van der Waals surface area contributed by atoms with Crippen molar-refractivity contribution in [3.63, 3.8) is 0 Å². The van der Waals surface area contributed by atoms with Crippen molar-refractivity contribution in [1.29, 1.82) is 5.26 Å².